The Bertz CT molecular complexity index is 1120. The maximum absolute atomic E-state index is 12.9. The number of aromatic nitrogens is 3. The molecular formula is C24H30N4O3S. The molecule has 7 nitrogen and oxygen atoms in total. The van der Waals surface area contributed by atoms with Crippen LogP contribution in [0.3, 0.4) is 0 Å². The van der Waals surface area contributed by atoms with E-state index in [1.54, 1.807) is 12.4 Å². The van der Waals surface area contributed by atoms with Gasteiger partial charge in [0.2, 0.25) is 0 Å². The topological polar surface area (TPSA) is 97.0 Å². The molecule has 1 saturated heterocycles. The quantitative estimate of drug-likeness (QED) is 0.519. The van der Waals surface area contributed by atoms with Gasteiger partial charge >= 0.3 is 0 Å². The van der Waals surface area contributed by atoms with Gasteiger partial charge in [-0.05, 0) is 43.2 Å². The fraction of sp³-hybridized carbons (Fsp3) is 0.500. The molecule has 1 aliphatic rings. The predicted octanol–water partition coefficient (Wildman–Crippen LogP) is 4.85. The molecule has 1 fully saturated rings. The minimum atomic E-state index is -0.177. The normalized spacial score (nSPS) is 16.2. The number of hydrogen-bond donors (Lipinski definition) is 2. The van der Waals surface area contributed by atoms with Crippen LogP contribution < -0.4 is 5.32 Å². The first-order valence-electron chi connectivity index (χ1n) is 11.1. The Morgan fingerprint density at radius 3 is 2.75 bits per heavy atom. The molecule has 0 spiro atoms. The Morgan fingerprint density at radius 2 is 2.03 bits per heavy atom. The molecule has 1 atom stereocenters. The van der Waals surface area contributed by atoms with Crippen molar-refractivity contribution in [3.63, 3.8) is 0 Å². The second kappa shape index (κ2) is 9.11. The van der Waals surface area contributed by atoms with E-state index >= 15 is 0 Å². The third-order valence-electron chi connectivity index (χ3n) is 6.22. The van der Waals surface area contributed by atoms with Crippen molar-refractivity contribution in [2.75, 3.05) is 13.2 Å². The Kier molecular flexibility index (Phi) is 6.44. The number of hydrogen-bond acceptors (Lipinski definition) is 6. The fourth-order valence-electron chi connectivity index (χ4n) is 3.61. The molecule has 2 N–H and O–H groups in total. The fourth-order valence-corrected chi connectivity index (χ4v) is 4.52. The highest BCUT2D eigenvalue weighted by atomic mass is 32.1. The third kappa shape index (κ3) is 4.91. The Hall–Kier alpha value is -2.58. The van der Waals surface area contributed by atoms with Crippen LogP contribution in [-0.4, -0.2) is 45.9 Å². The molecule has 170 valence electrons. The second-order valence-electron chi connectivity index (χ2n) is 9.56. The molecular weight excluding hydrogens is 424 g/mol. The Labute approximate surface area is 192 Å². The number of Topliss-reactive ketones (excluding diaryl/α,β-unsaturated/α-hetero) is 1. The average molecular weight is 455 g/mol. The summed E-state index contributed by atoms with van der Waals surface area (Å²) in [6.45, 7) is 9.73. The van der Waals surface area contributed by atoms with Gasteiger partial charge in [0.05, 0.1) is 27.2 Å². The van der Waals surface area contributed by atoms with Crippen molar-refractivity contribution in [1.82, 2.24) is 20.3 Å². The average Bonchev–Trinajstić information content (AvgIpc) is 3.41. The summed E-state index contributed by atoms with van der Waals surface area (Å²) in [4.78, 5) is 39.4. The van der Waals surface area contributed by atoms with E-state index in [0.29, 0.717) is 34.8 Å². The summed E-state index contributed by atoms with van der Waals surface area (Å²) in [7, 11) is 0. The highest BCUT2D eigenvalue weighted by Crippen LogP contribution is 2.30. The largest absolute Gasteiger partial charge is 0.381 e. The Morgan fingerprint density at radius 1 is 1.28 bits per heavy atom. The van der Waals surface area contributed by atoms with Gasteiger partial charge in [-0.25, -0.2) is 9.97 Å². The van der Waals surface area contributed by atoms with Crippen molar-refractivity contribution in [2.24, 2.45) is 11.3 Å². The van der Waals surface area contributed by atoms with Crippen molar-refractivity contribution < 1.29 is 14.3 Å². The number of carbonyl (C=O) groups excluding carboxylic acids is 2. The number of amides is 1. The van der Waals surface area contributed by atoms with Crippen molar-refractivity contribution in [1.29, 1.82) is 0 Å². The molecule has 3 aromatic rings. The summed E-state index contributed by atoms with van der Waals surface area (Å²) in [6, 6.07) is 3.77. The second-order valence-corrected chi connectivity index (χ2v) is 10.6. The number of aromatic amines is 1. The molecule has 1 aliphatic heterocycles. The number of carbonyl (C=O) groups is 2. The third-order valence-corrected chi connectivity index (χ3v) is 7.37. The summed E-state index contributed by atoms with van der Waals surface area (Å²) in [5.41, 5.74) is 2.17. The lowest BCUT2D eigenvalue weighted by molar-refractivity contribution is 0.0602. The first kappa shape index (κ1) is 22.6. The molecule has 0 saturated carbocycles. The van der Waals surface area contributed by atoms with Gasteiger partial charge in [-0.15, -0.1) is 11.3 Å². The monoisotopic (exact) mass is 454 g/mol. The number of nitrogens with one attached hydrogen (secondary N) is 2. The first-order chi connectivity index (χ1) is 15.2. The summed E-state index contributed by atoms with van der Waals surface area (Å²) < 4.78 is 5.39. The van der Waals surface area contributed by atoms with E-state index in [2.05, 4.69) is 36.1 Å². The van der Waals surface area contributed by atoms with Crippen LogP contribution in [0.4, 0.5) is 0 Å². The van der Waals surface area contributed by atoms with E-state index in [0.717, 1.165) is 35.8 Å². The van der Waals surface area contributed by atoms with Crippen LogP contribution in [-0.2, 0) is 4.74 Å². The van der Waals surface area contributed by atoms with Crippen LogP contribution in [0.15, 0.2) is 24.5 Å². The lowest BCUT2D eigenvalue weighted by atomic mass is 9.88. The molecule has 4 heterocycles. The van der Waals surface area contributed by atoms with Gasteiger partial charge in [-0.2, -0.15) is 0 Å². The van der Waals surface area contributed by atoms with Gasteiger partial charge in [-0.1, -0.05) is 20.8 Å². The summed E-state index contributed by atoms with van der Waals surface area (Å²) >= 11 is 1.43. The van der Waals surface area contributed by atoms with E-state index in [9.17, 15) is 9.59 Å². The summed E-state index contributed by atoms with van der Waals surface area (Å²) in [6.07, 6.45) is 5.77. The number of rotatable bonds is 6. The molecule has 0 unspecified atom stereocenters. The molecule has 4 rings (SSSR count). The van der Waals surface area contributed by atoms with Crippen molar-refractivity contribution in [2.45, 2.75) is 53.0 Å². The van der Waals surface area contributed by atoms with Gasteiger partial charge in [0.25, 0.3) is 5.91 Å². The molecule has 0 aromatic carbocycles. The zero-order chi connectivity index (χ0) is 22.9. The minimum Gasteiger partial charge on any atom is -0.381 e. The van der Waals surface area contributed by atoms with Crippen LogP contribution in [0.1, 0.15) is 67.0 Å². The number of ether oxygens (including phenoxy) is 1. The van der Waals surface area contributed by atoms with Crippen LogP contribution >= 0.6 is 11.3 Å². The number of fused-ring (bicyclic) bond motifs is 1. The van der Waals surface area contributed by atoms with Gasteiger partial charge in [0.1, 0.15) is 5.52 Å². The molecule has 32 heavy (non-hydrogen) atoms. The van der Waals surface area contributed by atoms with E-state index < -0.39 is 0 Å². The lowest BCUT2D eigenvalue weighted by Crippen LogP contribution is -2.41. The maximum Gasteiger partial charge on any atom is 0.255 e. The van der Waals surface area contributed by atoms with E-state index in [4.69, 9.17) is 9.72 Å². The maximum atomic E-state index is 12.9. The standard InChI is InChI=1S/C24H30N4O3S/c1-14(24(2,3)4)27-23(30)16-12-25-22-21(16)28-17(13-26-22)19-5-6-20(32-19)18(29)11-15-7-9-31-10-8-15/h5-6,12-15H,7-11H2,1-4H3,(H,25,26)(H,27,30)/t14-/m0/s1. The molecule has 1 amide bonds. The van der Waals surface area contributed by atoms with Crippen molar-refractivity contribution in [3.8, 4) is 10.6 Å². The van der Waals surface area contributed by atoms with E-state index in [-0.39, 0.29) is 23.1 Å². The predicted molar refractivity (Wildman–Crippen MR) is 126 cm³/mol. The van der Waals surface area contributed by atoms with Crippen LogP contribution in [0.25, 0.3) is 21.7 Å². The van der Waals surface area contributed by atoms with Crippen LogP contribution in [0.2, 0.25) is 0 Å². The molecule has 8 heteroatoms. The zero-order valence-corrected chi connectivity index (χ0v) is 19.8. The SMILES string of the molecule is C[C@H](NC(=O)c1c[nH]c2ncc(-c3ccc(C(=O)CC4CCOCC4)s3)nc12)C(C)(C)C. The zero-order valence-electron chi connectivity index (χ0n) is 19.0. The molecule has 3 aromatic heterocycles. The summed E-state index contributed by atoms with van der Waals surface area (Å²) in [5.74, 6) is 0.387. The Balaban J connectivity index is 1.53. The summed E-state index contributed by atoms with van der Waals surface area (Å²) in [5, 5.41) is 3.05. The number of H-pyrrole nitrogens is 1. The van der Waals surface area contributed by atoms with Crippen molar-refractivity contribution in [3.05, 3.63) is 35.0 Å². The number of ketones is 1. The van der Waals surface area contributed by atoms with Gasteiger partial charge < -0.3 is 15.0 Å². The lowest BCUT2D eigenvalue weighted by Gasteiger charge is -2.27. The van der Waals surface area contributed by atoms with Crippen LogP contribution in [0.5, 0.6) is 0 Å². The smallest absolute Gasteiger partial charge is 0.255 e. The number of nitrogens with zero attached hydrogens (tertiary/aromatic N) is 2. The van der Waals surface area contributed by atoms with E-state index in [1.165, 1.54) is 11.3 Å². The van der Waals surface area contributed by atoms with Gasteiger partial charge in [0, 0.05) is 31.9 Å². The van der Waals surface area contributed by atoms with E-state index in [1.807, 2.05) is 19.1 Å². The highest BCUT2D eigenvalue weighted by Gasteiger charge is 2.24. The minimum absolute atomic E-state index is 0.00214. The molecule has 0 aliphatic carbocycles. The van der Waals surface area contributed by atoms with Crippen molar-refractivity contribution >= 4 is 34.2 Å². The molecule has 0 bridgehead atoms. The highest BCUT2D eigenvalue weighted by molar-refractivity contribution is 7.17. The number of thiophene rings is 1. The van der Waals surface area contributed by atoms with Gasteiger partial charge in [0.15, 0.2) is 11.4 Å². The first-order valence-corrected chi connectivity index (χ1v) is 11.9. The van der Waals surface area contributed by atoms with Gasteiger partial charge in [-0.3, -0.25) is 9.59 Å². The molecule has 0 radical (unpaired) electrons. The van der Waals surface area contributed by atoms with Crippen LogP contribution in [0, 0.1) is 11.3 Å².